The summed E-state index contributed by atoms with van der Waals surface area (Å²) >= 11 is 0. The van der Waals surface area contributed by atoms with Crippen molar-refractivity contribution in [3.63, 3.8) is 0 Å². The lowest BCUT2D eigenvalue weighted by molar-refractivity contribution is 0.568. The molecule has 2 atom stereocenters. The molecule has 0 spiro atoms. The predicted molar refractivity (Wildman–Crippen MR) is 66.8 cm³/mol. The fourth-order valence-corrected chi connectivity index (χ4v) is 2.91. The fraction of sp³-hybridized carbons (Fsp3) is 1.00. The second-order valence-electron chi connectivity index (χ2n) is 4.70. The second-order valence-corrected chi connectivity index (χ2v) is 6.63. The Labute approximate surface area is 99.2 Å². The van der Waals surface area contributed by atoms with E-state index in [9.17, 15) is 8.42 Å². The van der Waals surface area contributed by atoms with Crippen molar-refractivity contribution >= 4 is 10.0 Å². The molecule has 0 aromatic heterocycles. The quantitative estimate of drug-likeness (QED) is 0.597. The van der Waals surface area contributed by atoms with E-state index in [-0.39, 0.29) is 5.75 Å². The molecular weight excluding hydrogens is 224 g/mol. The molecule has 1 aliphatic carbocycles. The van der Waals surface area contributed by atoms with Crippen LogP contribution in [0, 0.1) is 11.8 Å². The Morgan fingerprint density at radius 3 is 2.56 bits per heavy atom. The normalized spacial score (nSPS) is 24.6. The molecule has 1 aliphatic rings. The zero-order valence-electron chi connectivity index (χ0n) is 10.3. The molecule has 0 radical (unpaired) electrons. The summed E-state index contributed by atoms with van der Waals surface area (Å²) in [6.45, 7) is 6.71. The monoisotopic (exact) mass is 248 g/mol. The maximum absolute atomic E-state index is 11.6. The Bertz CT molecular complexity index is 290. The van der Waals surface area contributed by atoms with Gasteiger partial charge in [0.25, 0.3) is 0 Å². The summed E-state index contributed by atoms with van der Waals surface area (Å²) in [5.74, 6) is 1.55. The second kappa shape index (κ2) is 6.57. The molecule has 1 fully saturated rings. The van der Waals surface area contributed by atoms with Gasteiger partial charge in [-0.25, -0.2) is 13.1 Å². The summed E-state index contributed by atoms with van der Waals surface area (Å²) in [5, 5.41) is 3.19. The molecule has 5 heteroatoms. The van der Waals surface area contributed by atoms with Gasteiger partial charge in [0.15, 0.2) is 0 Å². The highest BCUT2D eigenvalue weighted by molar-refractivity contribution is 7.89. The van der Waals surface area contributed by atoms with Crippen LogP contribution in [0.4, 0.5) is 0 Å². The van der Waals surface area contributed by atoms with E-state index in [1.165, 1.54) is 6.42 Å². The lowest BCUT2D eigenvalue weighted by atomic mass is 10.3. The van der Waals surface area contributed by atoms with Crippen LogP contribution in [0.3, 0.4) is 0 Å². The predicted octanol–water partition coefficient (Wildman–Crippen LogP) is 0.952. The summed E-state index contributed by atoms with van der Waals surface area (Å²) in [6.07, 6.45) is 2.83. The van der Waals surface area contributed by atoms with Crippen LogP contribution in [0.1, 0.15) is 33.1 Å². The molecule has 0 amide bonds. The summed E-state index contributed by atoms with van der Waals surface area (Å²) in [6, 6.07) is 0. The largest absolute Gasteiger partial charge is 0.317 e. The summed E-state index contributed by atoms with van der Waals surface area (Å²) < 4.78 is 25.8. The van der Waals surface area contributed by atoms with Gasteiger partial charge in [-0.3, -0.25) is 0 Å². The molecule has 2 unspecified atom stereocenters. The first-order valence-electron chi connectivity index (χ1n) is 6.23. The lowest BCUT2D eigenvalue weighted by Crippen LogP contribution is -2.29. The number of nitrogens with one attached hydrogen (secondary N) is 2. The first kappa shape index (κ1) is 13.9. The molecule has 0 aromatic carbocycles. The van der Waals surface area contributed by atoms with Gasteiger partial charge >= 0.3 is 0 Å². The van der Waals surface area contributed by atoms with Gasteiger partial charge in [-0.15, -0.1) is 0 Å². The fourth-order valence-electron chi connectivity index (χ4n) is 1.71. The van der Waals surface area contributed by atoms with Gasteiger partial charge in [-0.1, -0.05) is 13.8 Å². The van der Waals surface area contributed by atoms with Gasteiger partial charge in [-0.05, 0) is 44.2 Å². The van der Waals surface area contributed by atoms with Gasteiger partial charge in [0.2, 0.25) is 10.0 Å². The van der Waals surface area contributed by atoms with Crippen LogP contribution in [0.5, 0.6) is 0 Å². The van der Waals surface area contributed by atoms with Crippen LogP contribution in [0.2, 0.25) is 0 Å². The van der Waals surface area contributed by atoms with E-state index in [4.69, 9.17) is 0 Å². The van der Waals surface area contributed by atoms with Gasteiger partial charge < -0.3 is 5.32 Å². The smallest absolute Gasteiger partial charge is 0.211 e. The SMILES string of the molecule is CCNCCCCS(=O)(=O)NCC1CC1C. The molecule has 0 heterocycles. The average molecular weight is 248 g/mol. The highest BCUT2D eigenvalue weighted by atomic mass is 32.2. The molecule has 0 aromatic rings. The van der Waals surface area contributed by atoms with Crippen molar-refractivity contribution < 1.29 is 8.42 Å². The van der Waals surface area contributed by atoms with Crippen LogP contribution in [0.25, 0.3) is 0 Å². The van der Waals surface area contributed by atoms with Crippen molar-refractivity contribution in [2.24, 2.45) is 11.8 Å². The molecule has 0 aliphatic heterocycles. The van der Waals surface area contributed by atoms with Gasteiger partial charge in [0, 0.05) is 6.54 Å². The number of sulfonamides is 1. The first-order valence-corrected chi connectivity index (χ1v) is 7.88. The first-order chi connectivity index (χ1) is 7.55. The van der Waals surface area contributed by atoms with Crippen molar-refractivity contribution in [3.05, 3.63) is 0 Å². The van der Waals surface area contributed by atoms with E-state index >= 15 is 0 Å². The molecule has 1 rings (SSSR count). The van der Waals surface area contributed by atoms with Gasteiger partial charge in [0.05, 0.1) is 5.75 Å². The van der Waals surface area contributed by atoms with Crippen molar-refractivity contribution in [2.75, 3.05) is 25.4 Å². The minimum atomic E-state index is -3.03. The van der Waals surface area contributed by atoms with Crippen LogP contribution >= 0.6 is 0 Å². The molecule has 2 N–H and O–H groups in total. The number of unbranched alkanes of at least 4 members (excludes halogenated alkanes) is 1. The van der Waals surface area contributed by atoms with E-state index in [1.807, 2.05) is 0 Å². The van der Waals surface area contributed by atoms with E-state index < -0.39 is 10.0 Å². The molecule has 96 valence electrons. The minimum Gasteiger partial charge on any atom is -0.317 e. The maximum atomic E-state index is 11.6. The Morgan fingerprint density at radius 1 is 1.31 bits per heavy atom. The maximum Gasteiger partial charge on any atom is 0.211 e. The molecular formula is C11H24N2O2S. The summed E-state index contributed by atoms with van der Waals surface area (Å²) in [5.41, 5.74) is 0. The Kier molecular flexibility index (Phi) is 5.72. The Balaban J connectivity index is 2.04. The third-order valence-electron chi connectivity index (χ3n) is 3.11. The van der Waals surface area contributed by atoms with Crippen LogP contribution < -0.4 is 10.0 Å². The standard InChI is InChI=1S/C11H24N2O2S/c1-3-12-6-4-5-7-16(14,15)13-9-11-8-10(11)2/h10-13H,3-9H2,1-2H3. The van der Waals surface area contributed by atoms with Crippen molar-refractivity contribution in [1.29, 1.82) is 0 Å². The van der Waals surface area contributed by atoms with Crippen LogP contribution in [0.15, 0.2) is 0 Å². The van der Waals surface area contributed by atoms with Crippen molar-refractivity contribution in [3.8, 4) is 0 Å². The molecule has 0 bridgehead atoms. The molecule has 0 saturated heterocycles. The highest BCUT2D eigenvalue weighted by Crippen LogP contribution is 2.36. The Morgan fingerprint density at radius 2 is 2.00 bits per heavy atom. The van der Waals surface area contributed by atoms with E-state index in [0.717, 1.165) is 25.9 Å². The number of rotatable bonds is 9. The third-order valence-corrected chi connectivity index (χ3v) is 4.54. The molecule has 4 nitrogen and oxygen atoms in total. The molecule has 16 heavy (non-hydrogen) atoms. The zero-order chi connectivity index (χ0) is 12.0. The van der Waals surface area contributed by atoms with E-state index in [0.29, 0.717) is 18.4 Å². The van der Waals surface area contributed by atoms with Gasteiger partial charge in [-0.2, -0.15) is 0 Å². The summed E-state index contributed by atoms with van der Waals surface area (Å²) in [4.78, 5) is 0. The highest BCUT2D eigenvalue weighted by Gasteiger charge is 2.32. The lowest BCUT2D eigenvalue weighted by Gasteiger charge is -2.06. The van der Waals surface area contributed by atoms with E-state index in [2.05, 4.69) is 23.9 Å². The van der Waals surface area contributed by atoms with Crippen molar-refractivity contribution in [2.45, 2.75) is 33.1 Å². The van der Waals surface area contributed by atoms with Gasteiger partial charge in [0.1, 0.15) is 0 Å². The number of hydrogen-bond donors (Lipinski definition) is 2. The average Bonchev–Trinajstić information content (AvgIpc) is 2.92. The molecule has 1 saturated carbocycles. The zero-order valence-corrected chi connectivity index (χ0v) is 11.1. The van der Waals surface area contributed by atoms with Crippen LogP contribution in [-0.4, -0.2) is 33.8 Å². The minimum absolute atomic E-state index is 0.263. The van der Waals surface area contributed by atoms with E-state index in [1.54, 1.807) is 0 Å². The third kappa shape index (κ3) is 5.82. The topological polar surface area (TPSA) is 58.2 Å². The van der Waals surface area contributed by atoms with Crippen LogP contribution in [-0.2, 0) is 10.0 Å². The number of hydrogen-bond acceptors (Lipinski definition) is 3. The summed E-state index contributed by atoms with van der Waals surface area (Å²) in [7, 11) is -3.03. The Hall–Kier alpha value is -0.130. The van der Waals surface area contributed by atoms with Crippen molar-refractivity contribution in [1.82, 2.24) is 10.0 Å².